The second-order valence-electron chi connectivity index (χ2n) is 8.54. The number of ether oxygens (including phenoxy) is 1. The molecule has 27 heavy (non-hydrogen) atoms. The third-order valence-electron chi connectivity index (χ3n) is 4.57. The first-order valence-corrected chi connectivity index (χ1v) is 13.8. The van der Waals surface area contributed by atoms with E-state index in [4.69, 9.17) is 8.85 Å². The minimum atomic E-state index is -0.989. The van der Waals surface area contributed by atoms with E-state index >= 15 is 0 Å². The summed E-state index contributed by atoms with van der Waals surface area (Å²) in [6.07, 6.45) is 2.60. The van der Waals surface area contributed by atoms with Crippen molar-refractivity contribution in [2.75, 3.05) is 7.11 Å². The Morgan fingerprint density at radius 3 is 1.70 bits per heavy atom. The second kappa shape index (κ2) is 13.2. The molecule has 0 heterocycles. The van der Waals surface area contributed by atoms with Crippen molar-refractivity contribution in [2.24, 2.45) is 0 Å². The van der Waals surface area contributed by atoms with Crippen LogP contribution in [0.1, 0.15) is 61.0 Å². The van der Waals surface area contributed by atoms with Crippen molar-refractivity contribution < 1.29 is 14.0 Å². The lowest BCUT2D eigenvalue weighted by Crippen LogP contribution is -2.37. The molecule has 0 atom stereocenters. The number of rotatable bonds is 9. The lowest BCUT2D eigenvalue weighted by atomic mass is 10.1. The zero-order chi connectivity index (χ0) is 21.1. The molecule has 3 nitrogen and oxygen atoms in total. The van der Waals surface area contributed by atoms with Crippen LogP contribution in [0, 0.1) is 0 Å². The highest BCUT2D eigenvalue weighted by atomic mass is 28.4. The van der Waals surface area contributed by atoms with Crippen molar-refractivity contribution in [1.29, 1.82) is 0 Å². The maximum atomic E-state index is 9.25. The van der Waals surface area contributed by atoms with E-state index in [9.17, 15) is 5.11 Å². The molecular formula is C22H42O3Si2. The maximum absolute atomic E-state index is 9.25. The predicted octanol–water partition coefficient (Wildman–Crippen LogP) is 6.22. The van der Waals surface area contributed by atoms with Gasteiger partial charge >= 0.3 is 0 Å². The number of phenolic OH excluding ortho intramolecular Hbond substituents is 1. The fourth-order valence-corrected chi connectivity index (χ4v) is 12.9. The zero-order valence-electron chi connectivity index (χ0n) is 19.0. The molecule has 0 unspecified atom stereocenters. The number of aromatic hydroxyl groups is 1. The molecule has 0 aliphatic rings. The van der Waals surface area contributed by atoms with Gasteiger partial charge in [0, 0.05) is 0 Å². The van der Waals surface area contributed by atoms with E-state index in [0.717, 1.165) is 34.1 Å². The summed E-state index contributed by atoms with van der Waals surface area (Å²) in [5.74, 6) is 0.680. The van der Waals surface area contributed by atoms with Crippen LogP contribution in [0.4, 0.5) is 0 Å². The van der Waals surface area contributed by atoms with Crippen molar-refractivity contribution in [3.05, 3.63) is 36.4 Å². The summed E-state index contributed by atoms with van der Waals surface area (Å²) in [7, 11) is -0.443. The number of hydrogen-bond donors (Lipinski definition) is 1. The molecule has 0 radical (unpaired) electrons. The molecule has 0 saturated carbocycles. The van der Waals surface area contributed by atoms with Gasteiger partial charge in [0.05, 0.1) is 7.11 Å². The number of methoxy groups -OCH3 is 1. The van der Waals surface area contributed by atoms with E-state index in [2.05, 4.69) is 62.0 Å². The van der Waals surface area contributed by atoms with Crippen LogP contribution >= 0.6 is 0 Å². The van der Waals surface area contributed by atoms with Crippen molar-refractivity contribution >= 4 is 18.1 Å². The Bertz CT molecular complexity index is 508. The SMILES string of the molecule is C=CCc1ccc(O)c(OC)c1.CC(C)[SiH](O[SiH](C(C)C)C(C)C)C(C)C. The Labute approximate surface area is 171 Å². The molecule has 5 heteroatoms. The first-order valence-electron chi connectivity index (χ1n) is 10.2. The first-order chi connectivity index (χ1) is 12.5. The summed E-state index contributed by atoms with van der Waals surface area (Å²) >= 11 is 0. The van der Waals surface area contributed by atoms with Gasteiger partial charge in [-0.1, -0.05) is 67.5 Å². The minimum absolute atomic E-state index is 0.172. The summed E-state index contributed by atoms with van der Waals surface area (Å²) in [4.78, 5) is 0. The Morgan fingerprint density at radius 2 is 1.37 bits per heavy atom. The molecule has 1 aromatic rings. The smallest absolute Gasteiger partial charge is 0.168 e. The van der Waals surface area contributed by atoms with E-state index in [1.807, 2.05) is 12.1 Å². The molecule has 1 rings (SSSR count). The van der Waals surface area contributed by atoms with E-state index in [-0.39, 0.29) is 5.75 Å². The van der Waals surface area contributed by atoms with Crippen LogP contribution in [-0.4, -0.2) is 30.3 Å². The summed E-state index contributed by atoms with van der Waals surface area (Å²) in [6, 6.07) is 5.27. The summed E-state index contributed by atoms with van der Waals surface area (Å²) in [5, 5.41) is 9.25. The monoisotopic (exact) mass is 410 g/mol. The molecule has 1 aromatic carbocycles. The van der Waals surface area contributed by atoms with Crippen molar-refractivity contribution in [1.82, 2.24) is 0 Å². The van der Waals surface area contributed by atoms with Gasteiger partial charge in [0.15, 0.2) is 29.6 Å². The molecule has 0 amide bonds. The Hall–Kier alpha value is -1.05. The van der Waals surface area contributed by atoms with Crippen LogP contribution in [0.15, 0.2) is 30.9 Å². The summed E-state index contributed by atoms with van der Waals surface area (Å²) < 4.78 is 11.5. The first kappa shape index (κ1) is 26.0. The van der Waals surface area contributed by atoms with Crippen molar-refractivity contribution in [2.45, 2.75) is 84.0 Å². The Morgan fingerprint density at radius 1 is 0.926 bits per heavy atom. The van der Waals surface area contributed by atoms with E-state index in [0.29, 0.717) is 5.75 Å². The van der Waals surface area contributed by atoms with Gasteiger partial charge in [0.2, 0.25) is 0 Å². The molecule has 156 valence electrons. The van der Waals surface area contributed by atoms with Crippen LogP contribution in [0.5, 0.6) is 11.5 Å². The largest absolute Gasteiger partial charge is 0.504 e. The molecule has 0 fully saturated rings. The third kappa shape index (κ3) is 9.63. The summed E-state index contributed by atoms with van der Waals surface area (Å²) in [6.45, 7) is 22.3. The molecule has 0 saturated heterocycles. The predicted molar refractivity (Wildman–Crippen MR) is 124 cm³/mol. The van der Waals surface area contributed by atoms with Crippen LogP contribution < -0.4 is 4.74 Å². The average Bonchev–Trinajstić information content (AvgIpc) is 2.56. The third-order valence-corrected chi connectivity index (χ3v) is 12.3. The average molecular weight is 411 g/mol. The van der Waals surface area contributed by atoms with Gasteiger partial charge in [-0.25, -0.2) is 0 Å². The van der Waals surface area contributed by atoms with Gasteiger partial charge in [-0.3, -0.25) is 0 Å². The highest BCUT2D eigenvalue weighted by molar-refractivity contribution is 6.69. The molecule has 0 bridgehead atoms. The zero-order valence-corrected chi connectivity index (χ0v) is 21.3. The quantitative estimate of drug-likeness (QED) is 0.388. The lowest BCUT2D eigenvalue weighted by molar-refractivity contribution is 0.373. The Kier molecular flexibility index (Phi) is 12.7. The van der Waals surface area contributed by atoms with Crippen molar-refractivity contribution in [3.63, 3.8) is 0 Å². The van der Waals surface area contributed by atoms with Gasteiger partial charge in [0.25, 0.3) is 0 Å². The minimum Gasteiger partial charge on any atom is -0.504 e. The second-order valence-corrected chi connectivity index (χ2v) is 16.8. The number of benzene rings is 1. The standard InChI is InChI=1S/C12H30OSi2.C10H12O2/c1-9(2)14(10(3)4)13-15(11(5)6)12(7)8;1-3-4-8-5-6-9(11)10(7-8)12-2/h9-12,14-15H,1-8H3;3,5-7,11H,1,4H2,2H3. The van der Waals surface area contributed by atoms with E-state index in [1.165, 1.54) is 7.11 Å². The van der Waals surface area contributed by atoms with E-state index < -0.39 is 18.1 Å². The van der Waals surface area contributed by atoms with Crippen molar-refractivity contribution in [3.8, 4) is 11.5 Å². The van der Waals surface area contributed by atoms with Crippen LogP contribution in [0.3, 0.4) is 0 Å². The van der Waals surface area contributed by atoms with Gasteiger partial charge in [0.1, 0.15) is 0 Å². The number of phenols is 1. The van der Waals surface area contributed by atoms with Gasteiger partial charge < -0.3 is 14.0 Å². The summed E-state index contributed by atoms with van der Waals surface area (Å²) in [5.41, 5.74) is 4.18. The number of hydrogen-bond acceptors (Lipinski definition) is 3. The molecule has 1 N–H and O–H groups in total. The number of allylic oxidation sites excluding steroid dienone is 1. The topological polar surface area (TPSA) is 38.7 Å². The Balaban J connectivity index is 0.000000511. The normalized spacial score (nSPS) is 11.5. The molecule has 0 aliphatic carbocycles. The highest BCUT2D eigenvalue weighted by Gasteiger charge is 2.29. The molecule has 0 aliphatic heterocycles. The highest BCUT2D eigenvalue weighted by Crippen LogP contribution is 2.28. The molecule has 0 aromatic heterocycles. The fraction of sp³-hybridized carbons (Fsp3) is 0.636. The van der Waals surface area contributed by atoms with Gasteiger partial charge in [-0.2, -0.15) is 0 Å². The maximum Gasteiger partial charge on any atom is 0.168 e. The fourth-order valence-electron chi connectivity index (χ4n) is 3.37. The van der Waals surface area contributed by atoms with Gasteiger partial charge in [-0.15, -0.1) is 6.58 Å². The molecule has 0 spiro atoms. The lowest BCUT2D eigenvalue weighted by Gasteiger charge is -2.32. The van der Waals surface area contributed by atoms with E-state index in [1.54, 1.807) is 12.1 Å². The van der Waals surface area contributed by atoms with Crippen LogP contribution in [-0.2, 0) is 10.5 Å². The van der Waals surface area contributed by atoms with Gasteiger partial charge in [-0.05, 0) is 46.3 Å². The molecular weight excluding hydrogens is 368 g/mol. The van der Waals surface area contributed by atoms with Crippen LogP contribution in [0.2, 0.25) is 22.2 Å². The van der Waals surface area contributed by atoms with Crippen LogP contribution in [0.25, 0.3) is 0 Å².